The first-order chi connectivity index (χ1) is 12.0. The van der Waals surface area contributed by atoms with Crippen LogP contribution >= 0.6 is 11.6 Å². The fourth-order valence-electron chi connectivity index (χ4n) is 2.05. The molecule has 1 aromatic carbocycles. The van der Waals surface area contributed by atoms with Gasteiger partial charge in [0.25, 0.3) is 5.91 Å². The molecule has 3 rings (SSSR count). The first-order valence-electron chi connectivity index (χ1n) is 7.08. The number of nitrogen functional groups attached to an aromatic ring is 1. The molecule has 0 aliphatic heterocycles. The summed E-state index contributed by atoms with van der Waals surface area (Å²) >= 11 is 5.85. The molecule has 0 fully saturated rings. The molecule has 3 aromatic rings. The monoisotopic (exact) mass is 360 g/mol. The van der Waals surface area contributed by atoms with Gasteiger partial charge in [-0.3, -0.25) is 4.79 Å². The van der Waals surface area contributed by atoms with Crippen LogP contribution in [0.4, 0.5) is 5.82 Å². The second-order valence-corrected chi connectivity index (χ2v) is 5.49. The van der Waals surface area contributed by atoms with Gasteiger partial charge in [0.15, 0.2) is 5.69 Å². The molecule has 11 heteroatoms. The van der Waals surface area contributed by atoms with Gasteiger partial charge in [0, 0.05) is 5.02 Å². The largest absolute Gasteiger partial charge is 0.378 e. The van der Waals surface area contributed by atoms with Crippen molar-refractivity contribution in [1.82, 2.24) is 30.7 Å². The lowest BCUT2D eigenvalue weighted by Gasteiger charge is -2.05. The van der Waals surface area contributed by atoms with Crippen molar-refractivity contribution in [2.24, 2.45) is 5.10 Å². The van der Waals surface area contributed by atoms with Crippen LogP contribution in [0, 0.1) is 6.92 Å². The van der Waals surface area contributed by atoms with Gasteiger partial charge >= 0.3 is 0 Å². The Bertz CT molecular complexity index is 944. The number of aryl methyl sites for hydroxylation is 1. The minimum atomic E-state index is -0.529. The van der Waals surface area contributed by atoms with Crippen LogP contribution in [-0.2, 0) is 0 Å². The average Bonchev–Trinajstić information content (AvgIpc) is 3.18. The number of carbonyl (C=O) groups excluding carboxylic acids is 1. The van der Waals surface area contributed by atoms with Crippen LogP contribution in [0.3, 0.4) is 0 Å². The minimum absolute atomic E-state index is 0.0141. The molecule has 0 radical (unpaired) electrons. The van der Waals surface area contributed by atoms with Gasteiger partial charge in [-0.15, -0.1) is 5.10 Å². The van der Waals surface area contributed by atoms with E-state index in [0.29, 0.717) is 16.4 Å². The van der Waals surface area contributed by atoms with E-state index in [1.54, 1.807) is 38.1 Å². The smallest absolute Gasteiger partial charge is 0.292 e. The summed E-state index contributed by atoms with van der Waals surface area (Å²) in [7, 11) is 0. The fraction of sp³-hybridized carbons (Fsp3) is 0.143. The van der Waals surface area contributed by atoms with Crippen LogP contribution in [0.5, 0.6) is 0 Å². The highest BCUT2D eigenvalue weighted by Crippen LogP contribution is 2.15. The number of hydrogen-bond acceptors (Lipinski definition) is 8. The molecule has 0 spiro atoms. The molecule has 0 atom stereocenters. The second-order valence-electron chi connectivity index (χ2n) is 5.05. The number of rotatable bonds is 4. The van der Waals surface area contributed by atoms with Crippen molar-refractivity contribution in [3.05, 3.63) is 46.2 Å². The first kappa shape index (κ1) is 16.6. The topological polar surface area (TPSA) is 137 Å². The van der Waals surface area contributed by atoms with E-state index in [4.69, 9.17) is 17.3 Å². The Morgan fingerprint density at radius 2 is 2.04 bits per heavy atom. The molecule has 3 N–H and O–H groups in total. The van der Waals surface area contributed by atoms with E-state index < -0.39 is 5.91 Å². The summed E-state index contributed by atoms with van der Waals surface area (Å²) < 4.78 is 5.67. The van der Waals surface area contributed by atoms with Gasteiger partial charge in [-0.25, -0.2) is 10.1 Å². The van der Waals surface area contributed by atoms with Crippen molar-refractivity contribution in [2.45, 2.75) is 13.8 Å². The van der Waals surface area contributed by atoms with E-state index in [0.717, 1.165) is 10.2 Å². The molecule has 0 aliphatic carbocycles. The van der Waals surface area contributed by atoms with E-state index in [9.17, 15) is 4.79 Å². The quantitative estimate of drug-likeness (QED) is 0.529. The van der Waals surface area contributed by atoms with E-state index in [-0.39, 0.29) is 17.3 Å². The predicted molar refractivity (Wildman–Crippen MR) is 89.5 cm³/mol. The highest BCUT2D eigenvalue weighted by Gasteiger charge is 2.22. The van der Waals surface area contributed by atoms with Gasteiger partial charge in [0.05, 0.1) is 11.4 Å². The minimum Gasteiger partial charge on any atom is -0.378 e. The van der Waals surface area contributed by atoms with Crippen LogP contribution in [0.2, 0.25) is 5.02 Å². The Kier molecular flexibility index (Phi) is 4.44. The van der Waals surface area contributed by atoms with E-state index in [1.807, 2.05) is 0 Å². The van der Waals surface area contributed by atoms with Crippen molar-refractivity contribution in [2.75, 3.05) is 5.73 Å². The second kappa shape index (κ2) is 6.69. The SMILES string of the molecule is C/C(=N\NC(=O)c1c(C)nnn1-c1nonc1N)c1ccc(Cl)cc1. The summed E-state index contributed by atoms with van der Waals surface area (Å²) in [6, 6.07) is 7.07. The number of amides is 1. The van der Waals surface area contributed by atoms with Crippen LogP contribution in [0.15, 0.2) is 34.0 Å². The van der Waals surface area contributed by atoms with Gasteiger partial charge in [0.1, 0.15) is 0 Å². The molecule has 1 amide bonds. The number of aromatic nitrogens is 5. The third-order valence-corrected chi connectivity index (χ3v) is 3.59. The lowest BCUT2D eigenvalue weighted by Crippen LogP contribution is -2.23. The maximum atomic E-state index is 12.5. The van der Waals surface area contributed by atoms with Crippen molar-refractivity contribution in [1.29, 1.82) is 0 Å². The van der Waals surface area contributed by atoms with E-state index >= 15 is 0 Å². The Balaban J connectivity index is 1.85. The number of anilines is 1. The number of hydrogen-bond donors (Lipinski definition) is 2. The zero-order valence-electron chi connectivity index (χ0n) is 13.3. The van der Waals surface area contributed by atoms with Gasteiger partial charge in [0.2, 0.25) is 11.6 Å². The molecule has 0 aliphatic rings. The number of hydrazone groups is 1. The van der Waals surface area contributed by atoms with Crippen molar-refractivity contribution >= 4 is 29.0 Å². The summed E-state index contributed by atoms with van der Waals surface area (Å²) in [5.41, 5.74) is 10.0. The van der Waals surface area contributed by atoms with Crippen molar-refractivity contribution in [3.63, 3.8) is 0 Å². The lowest BCUT2D eigenvalue weighted by molar-refractivity contribution is 0.0946. The number of carbonyl (C=O) groups is 1. The number of nitrogens with two attached hydrogens (primary N) is 1. The molecule has 25 heavy (non-hydrogen) atoms. The van der Waals surface area contributed by atoms with Gasteiger partial charge in [-0.1, -0.05) is 28.9 Å². The summed E-state index contributed by atoms with van der Waals surface area (Å²) in [6.45, 7) is 3.38. The van der Waals surface area contributed by atoms with Crippen LogP contribution < -0.4 is 11.2 Å². The molecular formula is C14H13ClN8O2. The Morgan fingerprint density at radius 3 is 2.68 bits per heavy atom. The third-order valence-electron chi connectivity index (χ3n) is 3.34. The Labute approximate surface area is 146 Å². The molecule has 0 saturated carbocycles. The molecule has 128 valence electrons. The molecular weight excluding hydrogens is 348 g/mol. The maximum Gasteiger partial charge on any atom is 0.292 e. The first-order valence-corrected chi connectivity index (χ1v) is 7.46. The Morgan fingerprint density at radius 1 is 1.32 bits per heavy atom. The normalized spacial score (nSPS) is 11.6. The molecule has 2 heterocycles. The predicted octanol–water partition coefficient (Wildman–Crippen LogP) is 1.35. The van der Waals surface area contributed by atoms with E-state index in [2.05, 4.69) is 35.8 Å². The van der Waals surface area contributed by atoms with Crippen LogP contribution in [-0.4, -0.2) is 36.9 Å². The summed E-state index contributed by atoms with van der Waals surface area (Å²) in [6.07, 6.45) is 0. The molecule has 0 bridgehead atoms. The van der Waals surface area contributed by atoms with E-state index in [1.165, 1.54) is 0 Å². The number of nitrogens with zero attached hydrogens (tertiary/aromatic N) is 6. The fourth-order valence-corrected chi connectivity index (χ4v) is 2.17. The van der Waals surface area contributed by atoms with Crippen molar-refractivity contribution < 1.29 is 9.42 Å². The summed E-state index contributed by atoms with van der Waals surface area (Å²) in [4.78, 5) is 12.5. The average molecular weight is 361 g/mol. The van der Waals surface area contributed by atoms with Crippen LogP contribution in [0.25, 0.3) is 5.82 Å². The number of benzene rings is 1. The third kappa shape index (κ3) is 3.33. The Hall–Kier alpha value is -3.27. The molecule has 2 aromatic heterocycles. The summed E-state index contributed by atoms with van der Waals surface area (Å²) in [5, 5.41) is 19.5. The van der Waals surface area contributed by atoms with Gasteiger partial charge < -0.3 is 5.73 Å². The van der Waals surface area contributed by atoms with Gasteiger partial charge in [-0.05, 0) is 41.9 Å². The van der Waals surface area contributed by atoms with Gasteiger partial charge in [-0.2, -0.15) is 9.78 Å². The lowest BCUT2D eigenvalue weighted by atomic mass is 10.1. The summed E-state index contributed by atoms with van der Waals surface area (Å²) in [5.74, 6) is -0.470. The van der Waals surface area contributed by atoms with Crippen LogP contribution in [0.1, 0.15) is 28.7 Å². The number of halogens is 1. The highest BCUT2D eigenvalue weighted by molar-refractivity contribution is 6.30. The maximum absolute atomic E-state index is 12.5. The molecule has 10 nitrogen and oxygen atoms in total. The zero-order valence-corrected chi connectivity index (χ0v) is 14.0. The molecule has 0 saturated heterocycles. The zero-order chi connectivity index (χ0) is 18.0. The number of nitrogens with one attached hydrogen (secondary N) is 1. The highest BCUT2D eigenvalue weighted by atomic mass is 35.5. The standard InChI is InChI=1S/C14H13ClN8O2/c1-7(9-3-5-10(15)6-4-9)17-19-14(24)11-8(2)18-22-23(11)13-12(16)20-25-21-13/h3-6H,1-2H3,(H2,16,20)(H,19,24)/b17-7+. The molecule has 0 unspecified atom stereocenters. The van der Waals surface area contributed by atoms with Crippen molar-refractivity contribution in [3.8, 4) is 5.82 Å².